The van der Waals surface area contributed by atoms with Crippen LogP contribution in [0.3, 0.4) is 0 Å². The van der Waals surface area contributed by atoms with Gasteiger partial charge in [0.1, 0.15) is 5.75 Å². The molecular weight excluding hydrogens is 454 g/mol. The summed E-state index contributed by atoms with van der Waals surface area (Å²) in [6.07, 6.45) is -0.0819. The lowest BCUT2D eigenvalue weighted by atomic mass is 10.1. The molecule has 2 aromatic carbocycles. The van der Waals surface area contributed by atoms with Crippen molar-refractivity contribution in [2.24, 2.45) is 0 Å². The van der Waals surface area contributed by atoms with Crippen LogP contribution in [0.1, 0.15) is 24.9 Å². The summed E-state index contributed by atoms with van der Waals surface area (Å²) in [6, 6.07) is 12.5. The van der Waals surface area contributed by atoms with Crippen molar-refractivity contribution in [3.05, 3.63) is 54.1 Å². The predicted molar refractivity (Wildman–Crippen MR) is 122 cm³/mol. The molecule has 2 aromatic rings. The van der Waals surface area contributed by atoms with Crippen LogP contribution in [0.15, 0.2) is 53.4 Å². The van der Waals surface area contributed by atoms with Gasteiger partial charge in [0, 0.05) is 19.0 Å². The molecule has 11 heteroatoms. The molecule has 0 bridgehead atoms. The van der Waals surface area contributed by atoms with Crippen LogP contribution >= 0.6 is 0 Å². The van der Waals surface area contributed by atoms with Crippen LogP contribution < -0.4 is 13.8 Å². The molecule has 0 spiro atoms. The third kappa shape index (κ3) is 5.29. The molecule has 1 saturated heterocycles. The molecule has 1 aliphatic rings. The van der Waals surface area contributed by atoms with Gasteiger partial charge in [-0.25, -0.2) is 25.9 Å². The van der Waals surface area contributed by atoms with Crippen LogP contribution in [0.2, 0.25) is 0 Å². The maximum Gasteiger partial charge on any atom is 0.242 e. The molecule has 0 saturated carbocycles. The first kappa shape index (κ1) is 24.2. The van der Waals surface area contributed by atoms with E-state index < -0.39 is 26.0 Å². The maximum absolute atomic E-state index is 12.8. The lowest BCUT2D eigenvalue weighted by molar-refractivity contribution is -0.116. The second-order valence-corrected chi connectivity index (χ2v) is 11.3. The minimum absolute atomic E-state index is 0.0190. The van der Waals surface area contributed by atoms with E-state index in [1.54, 1.807) is 0 Å². The fourth-order valence-corrected chi connectivity index (χ4v) is 5.95. The summed E-state index contributed by atoms with van der Waals surface area (Å²) in [5, 5.41) is 0. The van der Waals surface area contributed by atoms with Crippen LogP contribution in [-0.2, 0) is 24.8 Å². The Bertz CT molecular complexity index is 1160. The molecule has 0 aromatic heterocycles. The highest BCUT2D eigenvalue weighted by Crippen LogP contribution is 2.27. The normalized spacial score (nSPS) is 17.0. The number of hydrogen-bond donors (Lipinski definition) is 1. The number of nitrogens with zero attached hydrogens (tertiary/aromatic N) is 2. The van der Waals surface area contributed by atoms with Gasteiger partial charge < -0.3 is 9.64 Å². The summed E-state index contributed by atoms with van der Waals surface area (Å²) in [5.41, 5.74) is 1.06. The Kier molecular flexibility index (Phi) is 7.23. The molecule has 1 heterocycles. The Morgan fingerprint density at radius 1 is 1.09 bits per heavy atom. The summed E-state index contributed by atoms with van der Waals surface area (Å²) in [4.78, 5) is 13.8. The highest BCUT2D eigenvalue weighted by molar-refractivity contribution is 7.94. The van der Waals surface area contributed by atoms with Gasteiger partial charge >= 0.3 is 0 Å². The molecule has 0 unspecified atom stereocenters. The van der Waals surface area contributed by atoms with E-state index in [2.05, 4.69) is 4.72 Å². The van der Waals surface area contributed by atoms with E-state index in [4.69, 9.17) is 4.74 Å². The summed E-state index contributed by atoms with van der Waals surface area (Å²) in [7, 11) is -3.83. The zero-order chi connectivity index (χ0) is 23.5. The molecule has 32 heavy (non-hydrogen) atoms. The Hall–Kier alpha value is -2.47. The van der Waals surface area contributed by atoms with E-state index in [1.807, 2.05) is 50.2 Å². The Balaban J connectivity index is 1.74. The van der Waals surface area contributed by atoms with Gasteiger partial charge in [-0.15, -0.1) is 0 Å². The number of ether oxygens (including phenoxy) is 1. The molecular formula is C21H27N3O6S2. The highest BCUT2D eigenvalue weighted by atomic mass is 32.2. The van der Waals surface area contributed by atoms with E-state index in [0.29, 0.717) is 6.61 Å². The van der Waals surface area contributed by atoms with Gasteiger partial charge in [-0.2, -0.15) is 0 Å². The van der Waals surface area contributed by atoms with Crippen LogP contribution in [0.25, 0.3) is 0 Å². The van der Waals surface area contributed by atoms with Crippen LogP contribution in [0.4, 0.5) is 5.69 Å². The van der Waals surface area contributed by atoms with Gasteiger partial charge in [-0.1, -0.05) is 12.1 Å². The zero-order valence-electron chi connectivity index (χ0n) is 18.2. The van der Waals surface area contributed by atoms with Crippen molar-refractivity contribution in [3.63, 3.8) is 0 Å². The van der Waals surface area contributed by atoms with Crippen LogP contribution in [-0.4, -0.2) is 60.6 Å². The van der Waals surface area contributed by atoms with E-state index >= 15 is 0 Å². The Labute approximate surface area is 189 Å². The van der Waals surface area contributed by atoms with Crippen molar-refractivity contribution in [2.75, 3.05) is 37.3 Å². The van der Waals surface area contributed by atoms with Crippen molar-refractivity contribution in [3.8, 4) is 5.75 Å². The molecule has 174 valence electrons. The fraction of sp³-hybridized carbons (Fsp3) is 0.381. The number of hydrogen-bond acceptors (Lipinski definition) is 7. The maximum atomic E-state index is 12.8. The SMILES string of the molecule is CCOc1ccc([C@H](CNS(=O)(=O)c2ccc(N3C(=O)CCS3(=O)=O)cc2)N(C)C)cc1. The fourth-order valence-electron chi connectivity index (χ4n) is 3.45. The van der Waals surface area contributed by atoms with E-state index in [9.17, 15) is 21.6 Å². The second kappa shape index (κ2) is 9.57. The largest absolute Gasteiger partial charge is 0.494 e. The number of sulfonamides is 2. The van der Waals surface area contributed by atoms with Gasteiger partial charge in [-0.05, 0) is 63.0 Å². The van der Waals surface area contributed by atoms with Gasteiger partial charge in [0.05, 0.1) is 22.9 Å². The first-order chi connectivity index (χ1) is 15.0. The van der Waals surface area contributed by atoms with Gasteiger partial charge in [0.2, 0.25) is 26.0 Å². The minimum Gasteiger partial charge on any atom is -0.494 e. The monoisotopic (exact) mass is 481 g/mol. The minimum atomic E-state index is -3.85. The van der Waals surface area contributed by atoms with Gasteiger partial charge in [0.15, 0.2) is 0 Å². The molecule has 1 N–H and O–H groups in total. The van der Waals surface area contributed by atoms with Crippen LogP contribution in [0, 0.1) is 0 Å². The van der Waals surface area contributed by atoms with E-state index in [1.165, 1.54) is 24.3 Å². The molecule has 1 fully saturated rings. The number of rotatable bonds is 9. The van der Waals surface area contributed by atoms with Crippen molar-refractivity contribution >= 4 is 31.6 Å². The molecule has 0 radical (unpaired) electrons. The number of carbonyl (C=O) groups excluding carboxylic acids is 1. The summed E-state index contributed by atoms with van der Waals surface area (Å²) in [5.74, 6) is -0.0268. The molecule has 1 amide bonds. The van der Waals surface area contributed by atoms with Crippen LogP contribution in [0.5, 0.6) is 5.75 Å². The Morgan fingerprint density at radius 2 is 1.72 bits per heavy atom. The van der Waals surface area contributed by atoms with Gasteiger partial charge in [-0.3, -0.25) is 4.79 Å². The predicted octanol–water partition coefficient (Wildman–Crippen LogP) is 1.73. The zero-order valence-corrected chi connectivity index (χ0v) is 19.8. The molecule has 1 aliphatic heterocycles. The summed E-state index contributed by atoms with van der Waals surface area (Å²) < 4.78 is 58.5. The average Bonchev–Trinajstić information content (AvgIpc) is 3.01. The average molecular weight is 482 g/mol. The molecule has 9 nitrogen and oxygen atoms in total. The smallest absolute Gasteiger partial charge is 0.242 e. The topological polar surface area (TPSA) is 113 Å². The number of carbonyl (C=O) groups is 1. The number of anilines is 1. The van der Waals surface area contributed by atoms with Crippen molar-refractivity contribution in [1.82, 2.24) is 9.62 Å². The third-order valence-electron chi connectivity index (χ3n) is 5.13. The molecule has 3 rings (SSSR count). The van der Waals surface area contributed by atoms with Crippen molar-refractivity contribution < 1.29 is 26.4 Å². The first-order valence-electron chi connectivity index (χ1n) is 10.1. The number of benzene rings is 2. The Morgan fingerprint density at radius 3 is 2.22 bits per heavy atom. The quantitative estimate of drug-likeness (QED) is 0.580. The lowest BCUT2D eigenvalue weighted by Gasteiger charge is -2.25. The second-order valence-electron chi connectivity index (χ2n) is 7.55. The first-order valence-corrected chi connectivity index (χ1v) is 13.2. The third-order valence-corrected chi connectivity index (χ3v) is 8.26. The van der Waals surface area contributed by atoms with Gasteiger partial charge in [0.25, 0.3) is 0 Å². The van der Waals surface area contributed by atoms with Crippen molar-refractivity contribution in [2.45, 2.75) is 24.3 Å². The standard InChI is InChI=1S/C21H27N3O6S2/c1-4-30-18-9-5-16(6-10-18)20(23(2)3)15-22-32(28,29)19-11-7-17(8-12-19)24-21(25)13-14-31(24,26)27/h5-12,20,22H,4,13-15H2,1-3H3/t20-/m0/s1. The summed E-state index contributed by atoms with van der Waals surface area (Å²) >= 11 is 0. The summed E-state index contributed by atoms with van der Waals surface area (Å²) in [6.45, 7) is 2.59. The van der Waals surface area contributed by atoms with E-state index in [0.717, 1.165) is 15.6 Å². The van der Waals surface area contributed by atoms with E-state index in [-0.39, 0.29) is 35.3 Å². The lowest BCUT2D eigenvalue weighted by Crippen LogP contribution is -2.34. The number of nitrogens with one attached hydrogen (secondary N) is 1. The van der Waals surface area contributed by atoms with Crippen molar-refractivity contribution in [1.29, 1.82) is 0 Å². The molecule has 0 aliphatic carbocycles. The number of likely N-dealkylation sites (N-methyl/N-ethyl adjacent to an activating group) is 1. The molecule has 1 atom stereocenters. The number of amides is 1. The highest BCUT2D eigenvalue weighted by Gasteiger charge is 2.36.